The summed E-state index contributed by atoms with van der Waals surface area (Å²) in [5.74, 6) is 0.737. The molecule has 0 spiro atoms. The van der Waals surface area contributed by atoms with Crippen LogP contribution in [0.4, 0.5) is 0 Å². The Morgan fingerprint density at radius 3 is 2.57 bits per heavy atom. The molecule has 2 aliphatic rings. The second-order valence-electron chi connectivity index (χ2n) is 4.04. The van der Waals surface area contributed by atoms with E-state index in [1.807, 2.05) is 0 Å². The van der Waals surface area contributed by atoms with Gasteiger partial charge in [0.1, 0.15) is 5.84 Å². The summed E-state index contributed by atoms with van der Waals surface area (Å²) >= 11 is 0. The van der Waals surface area contributed by atoms with Crippen LogP contribution in [0.5, 0.6) is 0 Å². The number of piperidine rings is 1. The Morgan fingerprint density at radius 1 is 1.14 bits per heavy atom. The van der Waals surface area contributed by atoms with E-state index in [1.54, 1.807) is 0 Å². The molecule has 1 aliphatic carbocycles. The fourth-order valence-electron chi connectivity index (χ4n) is 2.09. The van der Waals surface area contributed by atoms with Crippen molar-refractivity contribution in [2.45, 2.75) is 32.1 Å². The number of hydrogen-bond donors (Lipinski definition) is 1. The molecule has 0 radical (unpaired) electrons. The summed E-state index contributed by atoms with van der Waals surface area (Å²) in [5.41, 5.74) is 1.12. The van der Waals surface area contributed by atoms with Crippen molar-refractivity contribution in [2.24, 2.45) is 0 Å². The lowest BCUT2D eigenvalue weighted by Gasteiger charge is -2.29. The fraction of sp³-hybridized carbons (Fsp3) is 0.583. The molecule has 0 unspecified atom stereocenters. The number of nitrogens with one attached hydrogen (secondary N) is 1. The molecular formula is C12H18N2. The predicted molar refractivity (Wildman–Crippen MR) is 59.6 cm³/mol. The molecular weight excluding hydrogens is 172 g/mol. The summed E-state index contributed by atoms with van der Waals surface area (Å²) in [6, 6.07) is 0. The van der Waals surface area contributed by atoms with E-state index in [0.29, 0.717) is 0 Å². The summed E-state index contributed by atoms with van der Waals surface area (Å²) < 4.78 is 0. The van der Waals surface area contributed by atoms with E-state index in [-0.39, 0.29) is 0 Å². The van der Waals surface area contributed by atoms with Crippen LogP contribution in [0.1, 0.15) is 32.1 Å². The highest BCUT2D eigenvalue weighted by molar-refractivity contribution is 5.98. The van der Waals surface area contributed by atoms with E-state index in [0.717, 1.165) is 37.3 Å². The first-order valence-electron chi connectivity index (χ1n) is 5.58. The van der Waals surface area contributed by atoms with E-state index in [4.69, 9.17) is 5.41 Å². The van der Waals surface area contributed by atoms with Gasteiger partial charge < -0.3 is 4.90 Å². The van der Waals surface area contributed by atoms with Crippen molar-refractivity contribution in [1.29, 1.82) is 5.41 Å². The van der Waals surface area contributed by atoms with E-state index >= 15 is 0 Å². The molecule has 1 fully saturated rings. The minimum atomic E-state index is 0.737. The molecule has 1 N–H and O–H groups in total. The molecule has 0 atom stereocenters. The van der Waals surface area contributed by atoms with Crippen molar-refractivity contribution < 1.29 is 0 Å². The molecule has 1 aliphatic heterocycles. The van der Waals surface area contributed by atoms with Gasteiger partial charge in [0, 0.05) is 18.7 Å². The second kappa shape index (κ2) is 4.45. The third-order valence-corrected chi connectivity index (χ3v) is 2.94. The predicted octanol–water partition coefficient (Wildman–Crippen LogP) is 2.73. The summed E-state index contributed by atoms with van der Waals surface area (Å²) in [6.45, 7) is 2.15. The van der Waals surface area contributed by atoms with Crippen molar-refractivity contribution >= 4 is 5.84 Å². The summed E-state index contributed by atoms with van der Waals surface area (Å²) in [4.78, 5) is 2.21. The monoisotopic (exact) mass is 190 g/mol. The van der Waals surface area contributed by atoms with E-state index in [2.05, 4.69) is 23.1 Å². The minimum absolute atomic E-state index is 0.737. The minimum Gasteiger partial charge on any atom is -0.357 e. The molecule has 0 saturated carbocycles. The molecule has 0 bridgehead atoms. The van der Waals surface area contributed by atoms with Crippen molar-refractivity contribution in [3.05, 3.63) is 23.8 Å². The molecule has 1 saturated heterocycles. The van der Waals surface area contributed by atoms with Crippen molar-refractivity contribution in [3.8, 4) is 0 Å². The standard InChI is InChI=1S/C12H18N2/c13-12(11-7-3-1-4-8-11)14-9-5-2-6-10-14/h3,7-8,13H,1-2,4-6,9-10H2. The average molecular weight is 190 g/mol. The van der Waals surface area contributed by atoms with Crippen molar-refractivity contribution in [2.75, 3.05) is 13.1 Å². The average Bonchev–Trinajstić information content (AvgIpc) is 2.30. The van der Waals surface area contributed by atoms with Gasteiger partial charge in [-0.15, -0.1) is 0 Å². The van der Waals surface area contributed by atoms with Crippen molar-refractivity contribution in [3.63, 3.8) is 0 Å². The van der Waals surface area contributed by atoms with Gasteiger partial charge in [-0.2, -0.15) is 0 Å². The van der Waals surface area contributed by atoms with Crippen LogP contribution < -0.4 is 0 Å². The topological polar surface area (TPSA) is 27.1 Å². The van der Waals surface area contributed by atoms with Crippen LogP contribution in [0.2, 0.25) is 0 Å². The van der Waals surface area contributed by atoms with Gasteiger partial charge in [0.25, 0.3) is 0 Å². The zero-order valence-corrected chi connectivity index (χ0v) is 8.63. The smallest absolute Gasteiger partial charge is 0.127 e. The first-order chi connectivity index (χ1) is 6.88. The van der Waals surface area contributed by atoms with Gasteiger partial charge in [0.15, 0.2) is 0 Å². The van der Waals surface area contributed by atoms with Gasteiger partial charge in [-0.3, -0.25) is 5.41 Å². The Balaban J connectivity index is 1.99. The highest BCUT2D eigenvalue weighted by atomic mass is 15.2. The van der Waals surface area contributed by atoms with Gasteiger partial charge in [-0.1, -0.05) is 18.2 Å². The van der Waals surface area contributed by atoms with Crippen LogP contribution in [0.15, 0.2) is 23.8 Å². The molecule has 0 aromatic heterocycles. The Bertz CT molecular complexity index is 270. The number of amidine groups is 1. The molecule has 2 rings (SSSR count). The summed E-state index contributed by atoms with van der Waals surface area (Å²) in [5, 5.41) is 8.08. The Kier molecular flexibility index (Phi) is 3.02. The van der Waals surface area contributed by atoms with Gasteiger partial charge in [-0.05, 0) is 32.1 Å². The summed E-state index contributed by atoms with van der Waals surface area (Å²) in [6.07, 6.45) is 12.5. The molecule has 1 heterocycles. The highest BCUT2D eigenvalue weighted by Gasteiger charge is 2.15. The van der Waals surface area contributed by atoms with Crippen LogP contribution in [0, 0.1) is 5.41 Å². The molecule has 0 amide bonds. The number of rotatable bonds is 1. The molecule has 2 heteroatoms. The lowest BCUT2D eigenvalue weighted by atomic mass is 10.0. The zero-order valence-electron chi connectivity index (χ0n) is 8.63. The molecule has 0 aromatic rings. The number of likely N-dealkylation sites (tertiary alicyclic amines) is 1. The van der Waals surface area contributed by atoms with Gasteiger partial charge >= 0.3 is 0 Å². The first-order valence-corrected chi connectivity index (χ1v) is 5.58. The van der Waals surface area contributed by atoms with Crippen molar-refractivity contribution in [1.82, 2.24) is 4.90 Å². The number of nitrogens with zero attached hydrogens (tertiary/aromatic N) is 1. The van der Waals surface area contributed by atoms with Gasteiger partial charge in [0.2, 0.25) is 0 Å². The van der Waals surface area contributed by atoms with Crippen LogP contribution in [0.25, 0.3) is 0 Å². The van der Waals surface area contributed by atoms with E-state index < -0.39 is 0 Å². The maximum atomic E-state index is 8.08. The van der Waals surface area contributed by atoms with Crippen LogP contribution in [-0.4, -0.2) is 23.8 Å². The van der Waals surface area contributed by atoms with Crippen LogP contribution in [0.3, 0.4) is 0 Å². The molecule has 76 valence electrons. The molecule has 14 heavy (non-hydrogen) atoms. The molecule has 0 aromatic carbocycles. The Labute approximate surface area is 85.8 Å². The fourth-order valence-corrected chi connectivity index (χ4v) is 2.09. The lowest BCUT2D eigenvalue weighted by Crippen LogP contribution is -2.35. The quantitative estimate of drug-likeness (QED) is 0.499. The van der Waals surface area contributed by atoms with Gasteiger partial charge in [-0.25, -0.2) is 0 Å². The van der Waals surface area contributed by atoms with E-state index in [1.165, 1.54) is 19.3 Å². The number of allylic oxidation sites excluding steroid dienone is 2. The normalized spacial score (nSPS) is 22.0. The van der Waals surface area contributed by atoms with Crippen LogP contribution >= 0.6 is 0 Å². The van der Waals surface area contributed by atoms with Gasteiger partial charge in [0.05, 0.1) is 0 Å². The maximum absolute atomic E-state index is 8.08. The Hall–Kier alpha value is -1.05. The largest absolute Gasteiger partial charge is 0.357 e. The lowest BCUT2D eigenvalue weighted by molar-refractivity contribution is 0.341. The number of hydrogen-bond acceptors (Lipinski definition) is 1. The molecule has 2 nitrogen and oxygen atoms in total. The maximum Gasteiger partial charge on any atom is 0.127 e. The highest BCUT2D eigenvalue weighted by Crippen LogP contribution is 2.16. The zero-order chi connectivity index (χ0) is 9.80. The third-order valence-electron chi connectivity index (χ3n) is 2.94. The third kappa shape index (κ3) is 2.06. The summed E-state index contributed by atoms with van der Waals surface area (Å²) in [7, 11) is 0. The Morgan fingerprint density at radius 2 is 1.93 bits per heavy atom. The SMILES string of the molecule is N=C(C1=CCCC=C1)N1CCCCC1. The first kappa shape index (κ1) is 9.50. The second-order valence-corrected chi connectivity index (χ2v) is 4.04. The van der Waals surface area contributed by atoms with E-state index in [9.17, 15) is 0 Å². The van der Waals surface area contributed by atoms with Crippen LogP contribution in [-0.2, 0) is 0 Å².